The van der Waals surface area contributed by atoms with E-state index in [0.717, 1.165) is 48.2 Å². The average molecular weight is 443 g/mol. The fraction of sp³-hybridized carbons (Fsp3) is 0.296. The molecule has 4 rings (SSSR count). The van der Waals surface area contributed by atoms with Gasteiger partial charge in [0.2, 0.25) is 5.91 Å². The van der Waals surface area contributed by atoms with Crippen LogP contribution < -0.4 is 16.0 Å². The van der Waals surface area contributed by atoms with Gasteiger partial charge >= 0.3 is 0 Å². The lowest BCUT2D eigenvalue weighted by Crippen LogP contribution is -2.33. The number of primary amides is 1. The number of aromatic nitrogens is 1. The van der Waals surface area contributed by atoms with E-state index in [2.05, 4.69) is 16.4 Å². The van der Waals surface area contributed by atoms with Gasteiger partial charge in [0.05, 0.1) is 5.56 Å². The van der Waals surface area contributed by atoms with Gasteiger partial charge in [0, 0.05) is 36.7 Å². The Balaban J connectivity index is 1.71. The fourth-order valence-corrected chi connectivity index (χ4v) is 4.25. The smallest absolute Gasteiger partial charge is 0.259 e. The molecule has 170 valence electrons. The first-order valence-corrected chi connectivity index (χ1v) is 11.6. The van der Waals surface area contributed by atoms with Crippen molar-refractivity contribution in [2.75, 3.05) is 18.0 Å². The van der Waals surface area contributed by atoms with Crippen LogP contribution in [0.2, 0.25) is 0 Å². The van der Waals surface area contributed by atoms with Crippen LogP contribution in [0.25, 0.3) is 11.1 Å². The van der Waals surface area contributed by atoms with E-state index >= 15 is 0 Å². The molecule has 6 heteroatoms. The van der Waals surface area contributed by atoms with Crippen LogP contribution in [0.5, 0.6) is 0 Å². The van der Waals surface area contributed by atoms with Crippen molar-refractivity contribution in [3.63, 3.8) is 0 Å². The predicted octanol–water partition coefficient (Wildman–Crippen LogP) is 4.55. The van der Waals surface area contributed by atoms with Crippen LogP contribution in [0.1, 0.15) is 58.4 Å². The number of nitrogens with one attached hydrogen (secondary N) is 1. The summed E-state index contributed by atoms with van der Waals surface area (Å²) < 4.78 is 0. The maximum absolute atomic E-state index is 13.5. The zero-order valence-corrected chi connectivity index (χ0v) is 18.8. The van der Waals surface area contributed by atoms with E-state index in [4.69, 9.17) is 5.73 Å². The van der Waals surface area contributed by atoms with Gasteiger partial charge in [-0.3, -0.25) is 14.6 Å². The molecule has 6 nitrogen and oxygen atoms in total. The number of pyridine rings is 1. The van der Waals surface area contributed by atoms with Gasteiger partial charge in [-0.2, -0.15) is 0 Å². The molecule has 3 N–H and O–H groups in total. The van der Waals surface area contributed by atoms with Crippen LogP contribution >= 0.6 is 0 Å². The number of carbonyl (C=O) groups excluding carboxylic acids is 2. The molecule has 1 aromatic heterocycles. The van der Waals surface area contributed by atoms with Crippen LogP contribution in [0.4, 0.5) is 5.69 Å². The molecule has 0 bridgehead atoms. The fourth-order valence-electron chi connectivity index (χ4n) is 4.25. The van der Waals surface area contributed by atoms with E-state index < -0.39 is 5.91 Å². The molecule has 0 unspecified atom stereocenters. The first-order chi connectivity index (χ1) is 16.1. The lowest BCUT2D eigenvalue weighted by Gasteiger charge is -2.27. The summed E-state index contributed by atoms with van der Waals surface area (Å²) in [7, 11) is 0. The van der Waals surface area contributed by atoms with Crippen LogP contribution in [-0.2, 0) is 6.54 Å². The molecule has 2 aromatic carbocycles. The third kappa shape index (κ3) is 5.65. The number of nitrogens with two attached hydrogens (primary N) is 1. The molecular formula is C27H30N4O2. The van der Waals surface area contributed by atoms with Gasteiger partial charge in [0.1, 0.15) is 0 Å². The molecule has 33 heavy (non-hydrogen) atoms. The van der Waals surface area contributed by atoms with Crippen LogP contribution in [0.3, 0.4) is 0 Å². The third-order valence-electron chi connectivity index (χ3n) is 6.08. The number of carbonyl (C=O) groups is 2. The molecule has 0 saturated heterocycles. The minimum atomic E-state index is -0.437. The molecule has 0 radical (unpaired) electrons. The number of rotatable bonds is 3. The minimum Gasteiger partial charge on any atom is -0.366 e. The van der Waals surface area contributed by atoms with Crippen LogP contribution in [0.15, 0.2) is 67.0 Å². The molecule has 3 aromatic rings. The molecule has 1 aliphatic heterocycles. The SMILES string of the molecule is NC(=O)c1ccc(-c2ccc3c(c2)CNCCCCCCCN3C(=O)c2cccnc2)cc1. The average Bonchev–Trinajstić information content (AvgIpc) is 2.84. The Morgan fingerprint density at radius 2 is 1.64 bits per heavy atom. The summed E-state index contributed by atoms with van der Waals surface area (Å²) in [6, 6.07) is 17.1. The molecule has 2 amide bonds. The van der Waals surface area contributed by atoms with Crippen molar-refractivity contribution in [2.24, 2.45) is 5.73 Å². The summed E-state index contributed by atoms with van der Waals surface area (Å²) in [5.41, 5.74) is 10.5. The van der Waals surface area contributed by atoms with E-state index in [0.29, 0.717) is 24.2 Å². The van der Waals surface area contributed by atoms with Crippen molar-refractivity contribution < 1.29 is 9.59 Å². The van der Waals surface area contributed by atoms with Crippen molar-refractivity contribution in [2.45, 2.75) is 38.6 Å². The van der Waals surface area contributed by atoms with Gasteiger partial charge < -0.3 is 16.0 Å². The lowest BCUT2D eigenvalue weighted by atomic mass is 9.99. The van der Waals surface area contributed by atoms with Crippen LogP contribution in [0, 0.1) is 0 Å². The second-order valence-corrected chi connectivity index (χ2v) is 8.43. The largest absolute Gasteiger partial charge is 0.366 e. The van der Waals surface area contributed by atoms with Crippen molar-refractivity contribution in [3.8, 4) is 11.1 Å². The van der Waals surface area contributed by atoms with Gasteiger partial charge in [-0.15, -0.1) is 0 Å². The monoisotopic (exact) mass is 442 g/mol. The molecule has 1 aliphatic rings. The molecule has 2 heterocycles. The van der Waals surface area contributed by atoms with Crippen LogP contribution in [-0.4, -0.2) is 29.9 Å². The van der Waals surface area contributed by atoms with Crippen molar-refractivity contribution >= 4 is 17.5 Å². The summed E-state index contributed by atoms with van der Waals surface area (Å²) >= 11 is 0. The molecule has 0 saturated carbocycles. The standard InChI is InChI=1S/C27H30N4O2/c28-26(32)21-10-8-20(9-11-21)22-12-13-25-24(17-22)19-29-14-4-2-1-3-5-16-31(25)27(33)23-7-6-15-30-18-23/h6-13,15,17-18,29H,1-5,14,16,19H2,(H2,28,32). The Labute approximate surface area is 194 Å². The highest BCUT2D eigenvalue weighted by Crippen LogP contribution is 2.30. The van der Waals surface area contributed by atoms with Gasteiger partial charge in [-0.1, -0.05) is 37.5 Å². The summed E-state index contributed by atoms with van der Waals surface area (Å²) in [5, 5.41) is 3.55. The Morgan fingerprint density at radius 3 is 2.39 bits per heavy atom. The Morgan fingerprint density at radius 1 is 0.879 bits per heavy atom. The molecule has 0 spiro atoms. The quantitative estimate of drug-likeness (QED) is 0.623. The molecule has 0 fully saturated rings. The number of nitrogens with zero attached hydrogens (tertiary/aromatic N) is 2. The molecule has 0 atom stereocenters. The first kappa shape index (κ1) is 22.7. The lowest BCUT2D eigenvalue weighted by molar-refractivity contribution is 0.0982. The van der Waals surface area contributed by atoms with Crippen molar-refractivity contribution in [1.29, 1.82) is 0 Å². The third-order valence-corrected chi connectivity index (χ3v) is 6.08. The Kier molecular flexibility index (Phi) is 7.47. The van der Waals surface area contributed by atoms with Gasteiger partial charge in [-0.05, 0) is 72.5 Å². The van der Waals surface area contributed by atoms with E-state index in [9.17, 15) is 9.59 Å². The highest BCUT2D eigenvalue weighted by atomic mass is 16.2. The highest BCUT2D eigenvalue weighted by molar-refractivity contribution is 6.06. The van der Waals surface area contributed by atoms with E-state index in [1.54, 1.807) is 30.6 Å². The summed E-state index contributed by atoms with van der Waals surface area (Å²) in [6.45, 7) is 2.31. The predicted molar refractivity (Wildman–Crippen MR) is 131 cm³/mol. The Bertz CT molecular complexity index is 1100. The number of fused-ring (bicyclic) bond motifs is 1. The highest BCUT2D eigenvalue weighted by Gasteiger charge is 2.21. The van der Waals surface area contributed by atoms with Crippen molar-refractivity contribution in [3.05, 3.63) is 83.7 Å². The Hall–Kier alpha value is -3.51. The van der Waals surface area contributed by atoms with Gasteiger partial charge in [-0.25, -0.2) is 0 Å². The summed E-state index contributed by atoms with van der Waals surface area (Å²) in [6.07, 6.45) is 8.92. The number of hydrogen-bond donors (Lipinski definition) is 2. The number of amides is 2. The number of benzene rings is 2. The van der Waals surface area contributed by atoms with Gasteiger partial charge in [0.25, 0.3) is 5.91 Å². The van der Waals surface area contributed by atoms with E-state index in [1.165, 1.54) is 12.8 Å². The molecule has 0 aliphatic carbocycles. The zero-order chi connectivity index (χ0) is 23.0. The maximum atomic E-state index is 13.5. The van der Waals surface area contributed by atoms with Gasteiger partial charge in [0.15, 0.2) is 0 Å². The first-order valence-electron chi connectivity index (χ1n) is 11.6. The minimum absolute atomic E-state index is 0.0278. The number of anilines is 1. The zero-order valence-electron chi connectivity index (χ0n) is 18.8. The second-order valence-electron chi connectivity index (χ2n) is 8.43. The molecular weight excluding hydrogens is 412 g/mol. The second kappa shape index (κ2) is 10.9. The summed E-state index contributed by atoms with van der Waals surface area (Å²) in [4.78, 5) is 30.9. The normalized spacial score (nSPS) is 15.1. The topological polar surface area (TPSA) is 88.3 Å². The number of hydrogen-bond acceptors (Lipinski definition) is 4. The van der Waals surface area contributed by atoms with E-state index in [1.807, 2.05) is 35.2 Å². The maximum Gasteiger partial charge on any atom is 0.259 e. The summed E-state index contributed by atoms with van der Waals surface area (Å²) in [5.74, 6) is -0.465. The van der Waals surface area contributed by atoms with Crippen molar-refractivity contribution in [1.82, 2.24) is 10.3 Å². The van der Waals surface area contributed by atoms with E-state index in [-0.39, 0.29) is 5.91 Å².